The molecule has 3 amide bonds. The molecule has 3 rings (SSSR count). The van der Waals surface area contributed by atoms with E-state index in [4.69, 9.17) is 0 Å². The van der Waals surface area contributed by atoms with Crippen molar-refractivity contribution in [1.82, 2.24) is 14.7 Å². The molecular formula is C17H20FN3O3. The highest BCUT2D eigenvalue weighted by molar-refractivity contribution is 5.95. The highest BCUT2D eigenvalue weighted by Gasteiger charge is 2.40. The zero-order chi connectivity index (χ0) is 17.3. The third kappa shape index (κ3) is 3.25. The van der Waals surface area contributed by atoms with Crippen LogP contribution < -0.4 is 0 Å². The van der Waals surface area contributed by atoms with Crippen molar-refractivity contribution in [3.63, 3.8) is 0 Å². The number of hydrogen-bond acceptors (Lipinski definition) is 3. The zero-order valence-electron chi connectivity index (χ0n) is 13.6. The molecule has 6 nitrogen and oxygen atoms in total. The molecule has 1 aromatic carbocycles. The first-order valence-corrected chi connectivity index (χ1v) is 8.04. The summed E-state index contributed by atoms with van der Waals surface area (Å²) in [6.45, 7) is 2.99. The van der Waals surface area contributed by atoms with Crippen molar-refractivity contribution in [3.8, 4) is 0 Å². The third-order valence-electron chi connectivity index (χ3n) is 4.61. The summed E-state index contributed by atoms with van der Waals surface area (Å²) in [6.07, 6.45) is 0.434. The van der Waals surface area contributed by atoms with Crippen molar-refractivity contribution in [3.05, 3.63) is 35.6 Å². The number of amides is 3. The normalized spacial score (nSPS) is 21.6. The number of benzene rings is 1. The van der Waals surface area contributed by atoms with Crippen LogP contribution in [-0.2, 0) is 20.9 Å². The fourth-order valence-corrected chi connectivity index (χ4v) is 3.33. The summed E-state index contributed by atoms with van der Waals surface area (Å²) in [4.78, 5) is 41.4. The molecule has 0 bridgehead atoms. The lowest BCUT2D eigenvalue weighted by Gasteiger charge is -2.39. The summed E-state index contributed by atoms with van der Waals surface area (Å²) in [7, 11) is 0. The van der Waals surface area contributed by atoms with Crippen LogP contribution >= 0.6 is 0 Å². The van der Waals surface area contributed by atoms with Crippen LogP contribution in [0, 0.1) is 5.82 Å². The number of rotatable bonds is 2. The molecular weight excluding hydrogens is 313 g/mol. The van der Waals surface area contributed by atoms with Crippen molar-refractivity contribution in [1.29, 1.82) is 0 Å². The monoisotopic (exact) mass is 333 g/mol. The van der Waals surface area contributed by atoms with E-state index in [-0.39, 0.29) is 36.6 Å². The van der Waals surface area contributed by atoms with Crippen molar-refractivity contribution in [2.24, 2.45) is 0 Å². The summed E-state index contributed by atoms with van der Waals surface area (Å²) < 4.78 is 13.3. The summed E-state index contributed by atoms with van der Waals surface area (Å²) >= 11 is 0. The van der Waals surface area contributed by atoms with Crippen LogP contribution in [0.3, 0.4) is 0 Å². The van der Waals surface area contributed by atoms with Crippen molar-refractivity contribution < 1.29 is 18.8 Å². The average Bonchev–Trinajstić information content (AvgIpc) is 2.76. The SMILES string of the molecule is CC(=O)N1CCC2C(=O)N(Cc3cccc(F)c3)CC(=O)N2CC1. The maximum absolute atomic E-state index is 13.3. The number of carbonyl (C=O) groups excluding carboxylic acids is 3. The first kappa shape index (κ1) is 16.4. The van der Waals surface area contributed by atoms with Gasteiger partial charge in [-0.3, -0.25) is 14.4 Å². The summed E-state index contributed by atoms with van der Waals surface area (Å²) in [5.74, 6) is -0.673. The van der Waals surface area contributed by atoms with E-state index in [1.807, 2.05) is 0 Å². The maximum Gasteiger partial charge on any atom is 0.246 e. The molecule has 2 heterocycles. The molecule has 1 unspecified atom stereocenters. The van der Waals surface area contributed by atoms with Crippen LogP contribution in [0.25, 0.3) is 0 Å². The van der Waals surface area contributed by atoms with E-state index in [9.17, 15) is 18.8 Å². The van der Waals surface area contributed by atoms with Gasteiger partial charge in [0.25, 0.3) is 0 Å². The van der Waals surface area contributed by atoms with Gasteiger partial charge in [-0.1, -0.05) is 12.1 Å². The standard InChI is InChI=1S/C17H20FN3O3/c1-12(22)19-6-5-15-17(24)20(11-16(23)21(15)8-7-19)10-13-3-2-4-14(18)9-13/h2-4,9,15H,5-8,10-11H2,1H3. The van der Waals surface area contributed by atoms with Gasteiger partial charge < -0.3 is 14.7 Å². The number of nitrogens with zero attached hydrogens (tertiary/aromatic N) is 3. The predicted molar refractivity (Wildman–Crippen MR) is 84.2 cm³/mol. The van der Waals surface area contributed by atoms with Gasteiger partial charge in [-0.2, -0.15) is 0 Å². The Morgan fingerprint density at radius 3 is 2.75 bits per heavy atom. The Kier molecular flexibility index (Phi) is 4.51. The smallest absolute Gasteiger partial charge is 0.246 e. The van der Waals surface area contributed by atoms with Gasteiger partial charge in [0.15, 0.2) is 0 Å². The molecule has 0 aliphatic carbocycles. The Labute approximate surface area is 139 Å². The molecule has 2 fully saturated rings. The van der Waals surface area contributed by atoms with Crippen LogP contribution in [0.5, 0.6) is 0 Å². The van der Waals surface area contributed by atoms with Gasteiger partial charge in [0.2, 0.25) is 17.7 Å². The molecule has 1 aromatic rings. The van der Waals surface area contributed by atoms with E-state index in [1.54, 1.807) is 21.9 Å². The molecule has 2 aliphatic heterocycles. The Morgan fingerprint density at radius 1 is 1.25 bits per heavy atom. The minimum absolute atomic E-state index is 0.00802. The first-order chi connectivity index (χ1) is 11.5. The predicted octanol–water partition coefficient (Wildman–Crippen LogP) is 0.617. The van der Waals surface area contributed by atoms with Gasteiger partial charge in [0.05, 0.1) is 0 Å². The van der Waals surface area contributed by atoms with Gasteiger partial charge in [0.1, 0.15) is 18.4 Å². The van der Waals surface area contributed by atoms with Crippen LogP contribution in [0.2, 0.25) is 0 Å². The van der Waals surface area contributed by atoms with Crippen LogP contribution in [0.1, 0.15) is 18.9 Å². The highest BCUT2D eigenvalue weighted by atomic mass is 19.1. The van der Waals surface area contributed by atoms with E-state index in [1.165, 1.54) is 24.0 Å². The van der Waals surface area contributed by atoms with Crippen LogP contribution in [0.15, 0.2) is 24.3 Å². The number of hydrogen-bond donors (Lipinski definition) is 0. The molecule has 0 aromatic heterocycles. The lowest BCUT2D eigenvalue weighted by atomic mass is 10.1. The summed E-state index contributed by atoms with van der Waals surface area (Å²) in [6, 6.07) is 5.50. The van der Waals surface area contributed by atoms with Crippen LogP contribution in [0.4, 0.5) is 4.39 Å². The van der Waals surface area contributed by atoms with E-state index >= 15 is 0 Å². The van der Waals surface area contributed by atoms with Crippen molar-refractivity contribution in [2.45, 2.75) is 25.9 Å². The fraction of sp³-hybridized carbons (Fsp3) is 0.471. The van der Waals surface area contributed by atoms with E-state index in [0.717, 1.165) is 0 Å². The largest absolute Gasteiger partial charge is 0.341 e. The second kappa shape index (κ2) is 6.59. The molecule has 128 valence electrons. The lowest BCUT2D eigenvalue weighted by Crippen LogP contribution is -2.59. The molecule has 2 aliphatic rings. The Balaban J connectivity index is 1.76. The van der Waals surface area contributed by atoms with Crippen molar-refractivity contribution >= 4 is 17.7 Å². The van der Waals surface area contributed by atoms with Gasteiger partial charge in [-0.05, 0) is 24.1 Å². The maximum atomic E-state index is 13.3. The lowest BCUT2D eigenvalue weighted by molar-refractivity contribution is -0.156. The topological polar surface area (TPSA) is 60.9 Å². The van der Waals surface area contributed by atoms with Gasteiger partial charge in [-0.15, -0.1) is 0 Å². The molecule has 2 saturated heterocycles. The van der Waals surface area contributed by atoms with E-state index < -0.39 is 6.04 Å². The number of carbonyl (C=O) groups is 3. The third-order valence-corrected chi connectivity index (χ3v) is 4.61. The number of fused-ring (bicyclic) bond motifs is 1. The summed E-state index contributed by atoms with van der Waals surface area (Å²) in [5.41, 5.74) is 0.656. The molecule has 7 heteroatoms. The number of halogens is 1. The van der Waals surface area contributed by atoms with Gasteiger partial charge in [-0.25, -0.2) is 4.39 Å². The quantitative estimate of drug-likeness (QED) is 0.797. The Bertz CT molecular complexity index is 679. The molecule has 1 atom stereocenters. The van der Waals surface area contributed by atoms with E-state index in [2.05, 4.69) is 0 Å². The zero-order valence-corrected chi connectivity index (χ0v) is 13.6. The summed E-state index contributed by atoms with van der Waals surface area (Å²) in [5, 5.41) is 0. The molecule has 0 saturated carbocycles. The average molecular weight is 333 g/mol. The Hall–Kier alpha value is -2.44. The molecule has 24 heavy (non-hydrogen) atoms. The molecule has 0 spiro atoms. The molecule has 0 radical (unpaired) electrons. The second-order valence-electron chi connectivity index (χ2n) is 6.22. The van der Waals surface area contributed by atoms with Gasteiger partial charge >= 0.3 is 0 Å². The highest BCUT2D eigenvalue weighted by Crippen LogP contribution is 2.21. The fourth-order valence-electron chi connectivity index (χ4n) is 3.33. The minimum atomic E-state index is -0.538. The number of piperazine rings is 1. The first-order valence-electron chi connectivity index (χ1n) is 8.04. The van der Waals surface area contributed by atoms with Gasteiger partial charge in [0, 0.05) is 33.1 Å². The Morgan fingerprint density at radius 2 is 2.04 bits per heavy atom. The van der Waals surface area contributed by atoms with Crippen molar-refractivity contribution in [2.75, 3.05) is 26.2 Å². The van der Waals surface area contributed by atoms with E-state index in [0.29, 0.717) is 31.6 Å². The second-order valence-corrected chi connectivity index (χ2v) is 6.22. The molecule has 0 N–H and O–H groups in total. The minimum Gasteiger partial charge on any atom is -0.341 e. The van der Waals surface area contributed by atoms with Crippen LogP contribution in [-0.4, -0.2) is 64.6 Å².